The Balaban J connectivity index is 1.84. The first-order chi connectivity index (χ1) is 7.24. The summed E-state index contributed by atoms with van der Waals surface area (Å²) in [5.41, 5.74) is 1.11. The molecule has 1 saturated carbocycles. The largest absolute Gasteiger partial charge is 0.393 e. The topological polar surface area (TPSA) is 33.1 Å². The Bertz CT molecular complexity index is 325. The maximum Gasteiger partial charge on any atom is 0.0583 e. The number of halogens is 1. The Labute approximate surface area is 98.9 Å². The maximum atomic E-state index is 9.89. The fourth-order valence-electron chi connectivity index (χ4n) is 2.04. The van der Waals surface area contributed by atoms with Crippen LogP contribution in [-0.2, 0) is 6.42 Å². The highest BCUT2D eigenvalue weighted by Crippen LogP contribution is 2.31. The van der Waals surface area contributed by atoms with Crippen LogP contribution in [0.4, 0.5) is 0 Å². The zero-order valence-corrected chi connectivity index (χ0v) is 10.3. The van der Waals surface area contributed by atoms with Gasteiger partial charge in [-0.1, -0.05) is 19.3 Å². The molecule has 0 aromatic carbocycles. The normalized spacial score (nSPS) is 18.5. The Kier molecular flexibility index (Phi) is 3.76. The van der Waals surface area contributed by atoms with Gasteiger partial charge in [0.15, 0.2) is 0 Å². The van der Waals surface area contributed by atoms with Crippen molar-refractivity contribution >= 4 is 15.9 Å². The predicted octanol–water partition coefficient (Wildman–Crippen LogP) is 2.94. The van der Waals surface area contributed by atoms with E-state index in [1.807, 2.05) is 12.3 Å². The molecular formula is C12H16BrNO. The summed E-state index contributed by atoms with van der Waals surface area (Å²) in [6.07, 6.45) is 9.01. The van der Waals surface area contributed by atoms with Crippen molar-refractivity contribution in [2.75, 3.05) is 0 Å². The average Bonchev–Trinajstić information content (AvgIpc) is 2.11. The van der Waals surface area contributed by atoms with E-state index < -0.39 is 0 Å². The van der Waals surface area contributed by atoms with Gasteiger partial charge in [0.25, 0.3) is 0 Å². The zero-order valence-electron chi connectivity index (χ0n) is 8.69. The lowest BCUT2D eigenvalue weighted by Gasteiger charge is -2.27. The molecule has 1 aromatic heterocycles. The van der Waals surface area contributed by atoms with Crippen molar-refractivity contribution in [2.45, 2.75) is 38.2 Å². The third-order valence-electron chi connectivity index (χ3n) is 3.06. The summed E-state index contributed by atoms with van der Waals surface area (Å²) in [7, 11) is 0. The minimum Gasteiger partial charge on any atom is -0.393 e. The third-order valence-corrected chi connectivity index (χ3v) is 3.50. The lowest BCUT2D eigenvalue weighted by atomic mass is 9.80. The zero-order chi connectivity index (χ0) is 10.7. The molecule has 0 spiro atoms. The van der Waals surface area contributed by atoms with Crippen LogP contribution in [0.3, 0.4) is 0 Å². The van der Waals surface area contributed by atoms with Crippen LogP contribution in [0.25, 0.3) is 0 Å². The van der Waals surface area contributed by atoms with Crippen molar-refractivity contribution in [3.8, 4) is 0 Å². The van der Waals surface area contributed by atoms with E-state index in [0.717, 1.165) is 28.8 Å². The summed E-state index contributed by atoms with van der Waals surface area (Å²) in [5.74, 6) is 0.764. The Hall–Kier alpha value is -0.410. The molecule has 1 aliphatic carbocycles. The van der Waals surface area contributed by atoms with E-state index in [0.29, 0.717) is 0 Å². The Morgan fingerprint density at radius 2 is 2.27 bits per heavy atom. The van der Waals surface area contributed by atoms with E-state index in [1.54, 1.807) is 6.20 Å². The van der Waals surface area contributed by atoms with Crippen molar-refractivity contribution in [2.24, 2.45) is 5.92 Å². The summed E-state index contributed by atoms with van der Waals surface area (Å²) in [6, 6.07) is 2.02. The number of aliphatic hydroxyl groups is 1. The summed E-state index contributed by atoms with van der Waals surface area (Å²) >= 11 is 3.38. The molecule has 82 valence electrons. The molecule has 1 atom stereocenters. The van der Waals surface area contributed by atoms with E-state index in [4.69, 9.17) is 0 Å². The van der Waals surface area contributed by atoms with E-state index in [2.05, 4.69) is 20.9 Å². The summed E-state index contributed by atoms with van der Waals surface area (Å²) in [6.45, 7) is 0. The quantitative estimate of drug-likeness (QED) is 0.912. The van der Waals surface area contributed by atoms with Gasteiger partial charge < -0.3 is 5.11 Å². The van der Waals surface area contributed by atoms with Crippen LogP contribution in [0.2, 0.25) is 0 Å². The lowest BCUT2D eigenvalue weighted by molar-refractivity contribution is 0.117. The second-order valence-electron chi connectivity index (χ2n) is 4.40. The van der Waals surface area contributed by atoms with Gasteiger partial charge in [-0.3, -0.25) is 4.98 Å². The van der Waals surface area contributed by atoms with E-state index >= 15 is 0 Å². The van der Waals surface area contributed by atoms with Gasteiger partial charge in [-0.25, -0.2) is 0 Å². The fraction of sp³-hybridized carbons (Fsp3) is 0.583. The average molecular weight is 270 g/mol. The first-order valence-corrected chi connectivity index (χ1v) is 6.31. The Morgan fingerprint density at radius 1 is 1.47 bits per heavy atom. The molecule has 15 heavy (non-hydrogen) atoms. The molecule has 1 fully saturated rings. The van der Waals surface area contributed by atoms with Crippen LogP contribution in [0.15, 0.2) is 22.9 Å². The van der Waals surface area contributed by atoms with Crippen molar-refractivity contribution in [1.29, 1.82) is 0 Å². The van der Waals surface area contributed by atoms with Gasteiger partial charge >= 0.3 is 0 Å². The fourth-order valence-corrected chi connectivity index (χ4v) is 2.45. The SMILES string of the molecule is OC(Cc1cncc(Br)c1)CC1CCC1. The van der Waals surface area contributed by atoms with E-state index in [1.165, 1.54) is 19.3 Å². The molecule has 1 heterocycles. The van der Waals surface area contributed by atoms with Gasteiger partial charge in [0.05, 0.1) is 6.10 Å². The van der Waals surface area contributed by atoms with Crippen molar-refractivity contribution in [1.82, 2.24) is 4.98 Å². The molecule has 1 unspecified atom stereocenters. The molecule has 0 bridgehead atoms. The molecule has 1 aliphatic rings. The molecule has 0 saturated heterocycles. The molecular weight excluding hydrogens is 254 g/mol. The van der Waals surface area contributed by atoms with Crippen LogP contribution < -0.4 is 0 Å². The van der Waals surface area contributed by atoms with Crippen LogP contribution in [-0.4, -0.2) is 16.2 Å². The van der Waals surface area contributed by atoms with Crippen LogP contribution in [0.1, 0.15) is 31.2 Å². The minimum atomic E-state index is -0.202. The number of hydrogen-bond acceptors (Lipinski definition) is 2. The molecule has 0 amide bonds. The first-order valence-electron chi connectivity index (χ1n) is 5.51. The van der Waals surface area contributed by atoms with Crippen LogP contribution in [0, 0.1) is 5.92 Å². The van der Waals surface area contributed by atoms with Crippen LogP contribution in [0.5, 0.6) is 0 Å². The second kappa shape index (κ2) is 5.08. The van der Waals surface area contributed by atoms with Crippen molar-refractivity contribution in [3.63, 3.8) is 0 Å². The van der Waals surface area contributed by atoms with Gasteiger partial charge in [0.2, 0.25) is 0 Å². The summed E-state index contributed by atoms with van der Waals surface area (Å²) in [5, 5.41) is 9.89. The number of aromatic nitrogens is 1. The minimum absolute atomic E-state index is 0.202. The number of rotatable bonds is 4. The monoisotopic (exact) mass is 269 g/mol. The van der Waals surface area contributed by atoms with E-state index in [9.17, 15) is 5.11 Å². The number of nitrogens with zero attached hydrogens (tertiary/aromatic N) is 1. The molecule has 1 N–H and O–H groups in total. The maximum absolute atomic E-state index is 9.89. The molecule has 3 heteroatoms. The molecule has 2 nitrogen and oxygen atoms in total. The summed E-state index contributed by atoms with van der Waals surface area (Å²) < 4.78 is 0.982. The highest BCUT2D eigenvalue weighted by Gasteiger charge is 2.20. The van der Waals surface area contributed by atoms with Gasteiger partial charge in [-0.2, -0.15) is 0 Å². The predicted molar refractivity (Wildman–Crippen MR) is 63.6 cm³/mol. The van der Waals surface area contributed by atoms with Gasteiger partial charge in [0.1, 0.15) is 0 Å². The van der Waals surface area contributed by atoms with Crippen LogP contribution >= 0.6 is 15.9 Å². The Morgan fingerprint density at radius 3 is 2.87 bits per heavy atom. The van der Waals surface area contributed by atoms with Gasteiger partial charge in [-0.15, -0.1) is 0 Å². The van der Waals surface area contributed by atoms with E-state index in [-0.39, 0.29) is 6.10 Å². The number of hydrogen-bond donors (Lipinski definition) is 1. The lowest BCUT2D eigenvalue weighted by Crippen LogP contribution is -2.20. The summed E-state index contributed by atoms with van der Waals surface area (Å²) in [4.78, 5) is 4.09. The van der Waals surface area contributed by atoms with Gasteiger partial charge in [-0.05, 0) is 46.3 Å². The smallest absolute Gasteiger partial charge is 0.0583 e. The van der Waals surface area contributed by atoms with Crippen molar-refractivity contribution < 1.29 is 5.11 Å². The number of aliphatic hydroxyl groups excluding tert-OH is 1. The molecule has 0 aliphatic heterocycles. The van der Waals surface area contributed by atoms with Gasteiger partial charge in [0, 0.05) is 16.9 Å². The second-order valence-corrected chi connectivity index (χ2v) is 5.32. The van der Waals surface area contributed by atoms with Crippen molar-refractivity contribution in [3.05, 3.63) is 28.5 Å². The standard InChI is InChI=1S/C12H16BrNO/c13-11-4-10(7-14-8-11)6-12(15)5-9-2-1-3-9/h4,7-9,12,15H,1-3,5-6H2. The first kappa shape index (κ1) is 11.1. The molecule has 1 aromatic rings. The molecule has 2 rings (SSSR count). The molecule has 0 radical (unpaired) electrons. The number of pyridine rings is 1. The highest BCUT2D eigenvalue weighted by atomic mass is 79.9. The third kappa shape index (κ3) is 3.28. The highest BCUT2D eigenvalue weighted by molar-refractivity contribution is 9.10.